The summed E-state index contributed by atoms with van der Waals surface area (Å²) in [6.07, 6.45) is 10.7. The molecule has 1 N–H and O–H groups in total. The van der Waals surface area contributed by atoms with Gasteiger partial charge in [0.1, 0.15) is 0 Å². The number of hydrogen-bond acceptors (Lipinski definition) is 8. The second-order valence-corrected chi connectivity index (χ2v) is 12.8. The zero-order chi connectivity index (χ0) is 27.7. The van der Waals surface area contributed by atoms with Gasteiger partial charge in [-0.05, 0) is 25.7 Å². The highest BCUT2D eigenvalue weighted by Crippen LogP contribution is 2.11. The molecule has 0 aromatic carbocycles. The third kappa shape index (κ3) is 25.7. The standard InChI is InChI=1S/C25H53NO9S2/c1-3-5-6-7-8-9-10-12-24-36(27,28)26(14-4-2)15-17-33-19-21-35-23-22-34-20-18-32-16-11-13-25-37(29,30)31/h3-25H2,1-2H3,(H,29,30,31). The quantitative estimate of drug-likeness (QED) is 0.104. The van der Waals surface area contributed by atoms with Gasteiger partial charge in [0.05, 0.1) is 57.8 Å². The van der Waals surface area contributed by atoms with Crippen LogP contribution in [0.1, 0.15) is 84.5 Å². The van der Waals surface area contributed by atoms with Gasteiger partial charge in [-0.2, -0.15) is 12.7 Å². The molecule has 0 aromatic rings. The van der Waals surface area contributed by atoms with Crippen LogP contribution in [-0.4, -0.2) is 103 Å². The Bertz CT molecular complexity index is 703. The monoisotopic (exact) mass is 575 g/mol. The fourth-order valence-corrected chi connectivity index (χ4v) is 5.81. The average molecular weight is 576 g/mol. The van der Waals surface area contributed by atoms with Crippen LogP contribution >= 0.6 is 0 Å². The Morgan fingerprint density at radius 3 is 1.49 bits per heavy atom. The van der Waals surface area contributed by atoms with E-state index < -0.39 is 20.1 Å². The van der Waals surface area contributed by atoms with Gasteiger partial charge < -0.3 is 18.9 Å². The maximum absolute atomic E-state index is 12.7. The molecule has 0 aliphatic carbocycles. The molecule has 37 heavy (non-hydrogen) atoms. The Labute approximate surface area is 226 Å². The Morgan fingerprint density at radius 2 is 0.973 bits per heavy atom. The summed E-state index contributed by atoms with van der Waals surface area (Å²) in [6, 6.07) is 0. The summed E-state index contributed by atoms with van der Waals surface area (Å²) in [4.78, 5) is 0. The molecule has 0 atom stereocenters. The first-order chi connectivity index (χ1) is 17.7. The van der Waals surface area contributed by atoms with E-state index in [0.717, 1.165) is 25.7 Å². The maximum atomic E-state index is 12.7. The van der Waals surface area contributed by atoms with Crippen molar-refractivity contribution < 1.29 is 40.3 Å². The zero-order valence-electron chi connectivity index (χ0n) is 23.2. The van der Waals surface area contributed by atoms with E-state index in [1.807, 2.05) is 6.92 Å². The topological polar surface area (TPSA) is 129 Å². The van der Waals surface area contributed by atoms with Gasteiger partial charge in [-0.25, -0.2) is 8.42 Å². The summed E-state index contributed by atoms with van der Waals surface area (Å²) >= 11 is 0. The number of rotatable bonds is 29. The van der Waals surface area contributed by atoms with Gasteiger partial charge in [-0.1, -0.05) is 58.8 Å². The Morgan fingerprint density at radius 1 is 0.514 bits per heavy atom. The smallest absolute Gasteiger partial charge is 0.264 e. The summed E-state index contributed by atoms with van der Waals surface area (Å²) in [6.45, 7) is 8.31. The van der Waals surface area contributed by atoms with Crippen LogP contribution < -0.4 is 0 Å². The first kappa shape index (κ1) is 36.7. The van der Waals surface area contributed by atoms with Gasteiger partial charge in [-0.15, -0.1) is 0 Å². The van der Waals surface area contributed by atoms with Crippen LogP contribution in [0.3, 0.4) is 0 Å². The molecule has 0 aliphatic heterocycles. The first-order valence-electron chi connectivity index (χ1n) is 14.0. The van der Waals surface area contributed by atoms with Crippen LogP contribution in [0, 0.1) is 0 Å². The Hall–Kier alpha value is -0.340. The third-order valence-corrected chi connectivity index (χ3v) is 8.43. The fourth-order valence-electron chi connectivity index (χ4n) is 3.60. The minimum absolute atomic E-state index is 0.212. The minimum Gasteiger partial charge on any atom is -0.379 e. The van der Waals surface area contributed by atoms with Crippen LogP contribution in [0.2, 0.25) is 0 Å². The molecule has 0 saturated heterocycles. The molecule has 224 valence electrons. The summed E-state index contributed by atoms with van der Waals surface area (Å²) in [5.41, 5.74) is 0. The predicted molar refractivity (Wildman–Crippen MR) is 147 cm³/mol. The molecule has 0 unspecified atom stereocenters. The molecule has 0 spiro atoms. The minimum atomic E-state index is -3.89. The fraction of sp³-hybridized carbons (Fsp3) is 1.00. The highest BCUT2D eigenvalue weighted by atomic mass is 32.2. The molecule has 0 saturated carbocycles. The van der Waals surface area contributed by atoms with Crippen LogP contribution in [0.4, 0.5) is 0 Å². The lowest BCUT2D eigenvalue weighted by Crippen LogP contribution is -2.36. The van der Waals surface area contributed by atoms with Crippen LogP contribution in [0.25, 0.3) is 0 Å². The van der Waals surface area contributed by atoms with Crippen molar-refractivity contribution in [3.05, 3.63) is 0 Å². The van der Waals surface area contributed by atoms with E-state index in [-0.39, 0.29) is 11.5 Å². The van der Waals surface area contributed by atoms with Crippen molar-refractivity contribution in [2.24, 2.45) is 0 Å². The molecule has 0 amide bonds. The van der Waals surface area contributed by atoms with E-state index in [0.29, 0.717) is 78.8 Å². The zero-order valence-corrected chi connectivity index (χ0v) is 24.9. The van der Waals surface area contributed by atoms with E-state index in [9.17, 15) is 16.8 Å². The lowest BCUT2D eigenvalue weighted by molar-refractivity contribution is -0.00270. The number of sulfonamides is 1. The number of ether oxygens (including phenoxy) is 4. The van der Waals surface area contributed by atoms with Crippen LogP contribution in [-0.2, 0) is 39.1 Å². The SMILES string of the molecule is CCCCCCCCCCS(=O)(=O)N(CCC)CCOCCOCCOCCOCCCCS(=O)(=O)O. The van der Waals surface area contributed by atoms with Gasteiger partial charge in [-0.3, -0.25) is 4.55 Å². The second kappa shape index (κ2) is 24.7. The van der Waals surface area contributed by atoms with Crippen LogP contribution in [0.15, 0.2) is 0 Å². The summed E-state index contributed by atoms with van der Waals surface area (Å²) in [5.74, 6) is -0.0342. The highest BCUT2D eigenvalue weighted by molar-refractivity contribution is 7.89. The summed E-state index contributed by atoms with van der Waals surface area (Å²) < 4.78 is 78.5. The molecule has 0 fully saturated rings. The average Bonchev–Trinajstić information content (AvgIpc) is 2.84. The molecular formula is C25H53NO9S2. The largest absolute Gasteiger partial charge is 0.379 e. The van der Waals surface area contributed by atoms with E-state index >= 15 is 0 Å². The number of unbranched alkanes of at least 4 members (excludes halogenated alkanes) is 8. The lowest BCUT2D eigenvalue weighted by Gasteiger charge is -2.21. The van der Waals surface area contributed by atoms with Gasteiger partial charge >= 0.3 is 0 Å². The van der Waals surface area contributed by atoms with E-state index in [1.165, 1.54) is 32.1 Å². The molecule has 12 heteroatoms. The third-order valence-electron chi connectivity index (χ3n) is 5.66. The van der Waals surface area contributed by atoms with Crippen molar-refractivity contribution in [3.63, 3.8) is 0 Å². The lowest BCUT2D eigenvalue weighted by atomic mass is 10.1. The predicted octanol–water partition coefficient (Wildman–Crippen LogP) is 3.90. The first-order valence-corrected chi connectivity index (χ1v) is 17.2. The number of nitrogens with zero attached hydrogens (tertiary/aromatic N) is 1. The van der Waals surface area contributed by atoms with E-state index in [2.05, 4.69) is 6.92 Å². The summed E-state index contributed by atoms with van der Waals surface area (Å²) in [7, 11) is -7.14. The highest BCUT2D eigenvalue weighted by Gasteiger charge is 2.20. The van der Waals surface area contributed by atoms with Crippen molar-refractivity contribution in [2.45, 2.75) is 84.5 Å². The maximum Gasteiger partial charge on any atom is 0.264 e. The molecule has 0 radical (unpaired) electrons. The van der Waals surface area contributed by atoms with Gasteiger partial charge in [0.15, 0.2) is 0 Å². The van der Waals surface area contributed by atoms with E-state index in [1.54, 1.807) is 4.31 Å². The van der Waals surface area contributed by atoms with Crippen molar-refractivity contribution in [1.29, 1.82) is 0 Å². The number of hydrogen-bond donors (Lipinski definition) is 1. The van der Waals surface area contributed by atoms with E-state index in [4.69, 9.17) is 23.5 Å². The van der Waals surface area contributed by atoms with Crippen molar-refractivity contribution in [1.82, 2.24) is 4.31 Å². The van der Waals surface area contributed by atoms with Gasteiger partial charge in [0.25, 0.3) is 10.1 Å². The molecule has 10 nitrogen and oxygen atoms in total. The van der Waals surface area contributed by atoms with Gasteiger partial charge in [0.2, 0.25) is 10.0 Å². The Balaban J connectivity index is 3.67. The Kier molecular flexibility index (Phi) is 24.5. The molecule has 0 aliphatic rings. The second-order valence-electron chi connectivity index (χ2n) is 9.13. The molecule has 0 bridgehead atoms. The molecular weight excluding hydrogens is 522 g/mol. The molecule has 0 heterocycles. The summed E-state index contributed by atoms with van der Waals surface area (Å²) in [5, 5.41) is 0. The van der Waals surface area contributed by atoms with Crippen molar-refractivity contribution >= 4 is 20.1 Å². The van der Waals surface area contributed by atoms with Crippen molar-refractivity contribution in [2.75, 3.05) is 77.5 Å². The normalized spacial score (nSPS) is 12.5. The molecule has 0 aromatic heterocycles. The van der Waals surface area contributed by atoms with Crippen LogP contribution in [0.5, 0.6) is 0 Å². The van der Waals surface area contributed by atoms with Crippen molar-refractivity contribution in [3.8, 4) is 0 Å². The molecule has 0 rings (SSSR count). The van der Waals surface area contributed by atoms with Gasteiger partial charge in [0, 0.05) is 19.7 Å².